The lowest BCUT2D eigenvalue weighted by Crippen LogP contribution is -2.48. The Bertz CT molecular complexity index is 466. The molecule has 1 unspecified atom stereocenters. The third kappa shape index (κ3) is 3.04. The van der Waals surface area contributed by atoms with Crippen LogP contribution in [0, 0.1) is 6.92 Å². The summed E-state index contributed by atoms with van der Waals surface area (Å²) in [5.74, 6) is 1.05. The van der Waals surface area contributed by atoms with E-state index < -0.39 is 6.10 Å². The van der Waals surface area contributed by atoms with Gasteiger partial charge in [0.05, 0.1) is 6.10 Å². The highest BCUT2D eigenvalue weighted by molar-refractivity contribution is 5.73. The number of aryl methyl sites for hydroxylation is 1. The highest BCUT2D eigenvalue weighted by atomic mass is 16.3. The van der Waals surface area contributed by atoms with Gasteiger partial charge in [-0.15, -0.1) is 0 Å². The van der Waals surface area contributed by atoms with Crippen LogP contribution in [0.4, 0.5) is 5.82 Å². The van der Waals surface area contributed by atoms with Crippen molar-refractivity contribution in [2.75, 3.05) is 31.1 Å². The van der Waals surface area contributed by atoms with Gasteiger partial charge in [-0.3, -0.25) is 4.79 Å². The van der Waals surface area contributed by atoms with Gasteiger partial charge in [-0.1, -0.05) is 6.07 Å². The summed E-state index contributed by atoms with van der Waals surface area (Å²) in [4.78, 5) is 19.9. The zero-order valence-electron chi connectivity index (χ0n) is 11.8. The zero-order chi connectivity index (χ0) is 14.0. The number of hydrogen-bond acceptors (Lipinski definition) is 4. The first-order valence-electron chi connectivity index (χ1n) is 6.65. The van der Waals surface area contributed by atoms with Crippen LogP contribution in [-0.4, -0.2) is 47.1 Å². The van der Waals surface area contributed by atoms with E-state index in [2.05, 4.69) is 9.88 Å². The second kappa shape index (κ2) is 5.57. The maximum absolute atomic E-state index is 11.3. The Balaban J connectivity index is 2.08. The van der Waals surface area contributed by atoms with Gasteiger partial charge in [-0.2, -0.15) is 0 Å². The van der Waals surface area contributed by atoms with Gasteiger partial charge < -0.3 is 14.9 Å². The number of aromatic nitrogens is 1. The second-order valence-corrected chi connectivity index (χ2v) is 5.01. The van der Waals surface area contributed by atoms with Crippen LogP contribution >= 0.6 is 0 Å². The molecule has 0 aliphatic carbocycles. The van der Waals surface area contributed by atoms with Crippen molar-refractivity contribution in [3.63, 3.8) is 0 Å². The largest absolute Gasteiger partial charge is 0.389 e. The molecule has 2 heterocycles. The standard InChI is InChI=1S/C14H21N3O2/c1-10-13(11(2)18)4-5-14(15-10)17-8-6-16(7-9-17)12(3)19/h4-5,11,18H,6-9H2,1-3H3. The smallest absolute Gasteiger partial charge is 0.219 e. The van der Waals surface area contributed by atoms with Gasteiger partial charge in [0, 0.05) is 44.4 Å². The van der Waals surface area contributed by atoms with Crippen LogP contribution in [0.15, 0.2) is 12.1 Å². The van der Waals surface area contributed by atoms with E-state index in [0.29, 0.717) is 0 Å². The Morgan fingerprint density at radius 3 is 2.42 bits per heavy atom. The topological polar surface area (TPSA) is 56.7 Å². The second-order valence-electron chi connectivity index (χ2n) is 5.01. The SMILES string of the molecule is CC(=O)N1CCN(c2ccc(C(C)O)c(C)n2)CC1. The van der Waals surface area contributed by atoms with E-state index in [4.69, 9.17) is 0 Å². The number of anilines is 1. The molecule has 1 atom stereocenters. The average molecular weight is 263 g/mol. The molecule has 104 valence electrons. The summed E-state index contributed by atoms with van der Waals surface area (Å²) in [6.45, 7) is 8.37. The predicted octanol–water partition coefficient (Wildman–Crippen LogP) is 1.11. The summed E-state index contributed by atoms with van der Waals surface area (Å²) >= 11 is 0. The fourth-order valence-electron chi connectivity index (χ4n) is 2.43. The molecule has 0 spiro atoms. The van der Waals surface area contributed by atoms with Crippen LogP contribution in [-0.2, 0) is 4.79 Å². The number of piperazine rings is 1. The van der Waals surface area contributed by atoms with Crippen molar-refractivity contribution in [2.24, 2.45) is 0 Å². The van der Waals surface area contributed by atoms with E-state index in [1.54, 1.807) is 13.8 Å². The van der Waals surface area contributed by atoms with Gasteiger partial charge in [0.25, 0.3) is 0 Å². The molecule has 0 saturated carbocycles. The van der Waals surface area contributed by atoms with Crippen LogP contribution in [0.1, 0.15) is 31.2 Å². The molecule has 0 aromatic carbocycles. The number of carbonyl (C=O) groups excluding carboxylic acids is 1. The molecule has 1 amide bonds. The number of carbonyl (C=O) groups is 1. The van der Waals surface area contributed by atoms with Gasteiger partial charge in [0.2, 0.25) is 5.91 Å². The van der Waals surface area contributed by atoms with Crippen LogP contribution in [0.5, 0.6) is 0 Å². The van der Waals surface area contributed by atoms with Crippen LogP contribution in [0.2, 0.25) is 0 Å². The van der Waals surface area contributed by atoms with Crippen molar-refractivity contribution < 1.29 is 9.90 Å². The van der Waals surface area contributed by atoms with E-state index >= 15 is 0 Å². The third-order valence-electron chi connectivity index (χ3n) is 3.61. The summed E-state index contributed by atoms with van der Waals surface area (Å²) in [7, 11) is 0. The predicted molar refractivity (Wildman–Crippen MR) is 74.1 cm³/mol. The maximum Gasteiger partial charge on any atom is 0.219 e. The first-order valence-corrected chi connectivity index (χ1v) is 6.65. The Morgan fingerprint density at radius 1 is 1.32 bits per heavy atom. The molecular weight excluding hydrogens is 242 g/mol. The van der Waals surface area contributed by atoms with Gasteiger partial charge in [-0.05, 0) is 19.9 Å². The quantitative estimate of drug-likeness (QED) is 0.868. The molecule has 1 aromatic heterocycles. The van der Waals surface area contributed by atoms with Gasteiger partial charge in [-0.25, -0.2) is 4.98 Å². The van der Waals surface area contributed by atoms with E-state index in [1.807, 2.05) is 24.0 Å². The summed E-state index contributed by atoms with van der Waals surface area (Å²) in [6, 6.07) is 3.87. The molecule has 1 aromatic rings. The average Bonchev–Trinajstić information content (AvgIpc) is 2.38. The molecule has 1 saturated heterocycles. The Labute approximate surface area is 113 Å². The number of amides is 1. The lowest BCUT2D eigenvalue weighted by molar-refractivity contribution is -0.129. The van der Waals surface area contributed by atoms with Crippen LogP contribution < -0.4 is 4.90 Å². The number of rotatable bonds is 2. The number of nitrogens with zero attached hydrogens (tertiary/aromatic N) is 3. The summed E-state index contributed by atoms with van der Waals surface area (Å²) in [6.07, 6.45) is -0.490. The first kappa shape index (κ1) is 13.8. The van der Waals surface area contributed by atoms with Gasteiger partial charge in [0.1, 0.15) is 5.82 Å². The van der Waals surface area contributed by atoms with Crippen molar-refractivity contribution in [3.8, 4) is 0 Å². The maximum atomic E-state index is 11.3. The first-order chi connectivity index (χ1) is 8.99. The Kier molecular flexibility index (Phi) is 4.04. The van der Waals surface area contributed by atoms with Crippen molar-refractivity contribution in [3.05, 3.63) is 23.4 Å². The lowest BCUT2D eigenvalue weighted by Gasteiger charge is -2.35. The van der Waals surface area contributed by atoms with E-state index in [-0.39, 0.29) is 5.91 Å². The van der Waals surface area contributed by atoms with Gasteiger partial charge >= 0.3 is 0 Å². The monoisotopic (exact) mass is 263 g/mol. The number of aliphatic hydroxyl groups excluding tert-OH is 1. The highest BCUT2D eigenvalue weighted by Crippen LogP contribution is 2.20. The van der Waals surface area contributed by atoms with E-state index in [9.17, 15) is 9.90 Å². The molecule has 2 rings (SSSR count). The number of aliphatic hydroxyl groups is 1. The van der Waals surface area contributed by atoms with Crippen LogP contribution in [0.25, 0.3) is 0 Å². The molecule has 5 nitrogen and oxygen atoms in total. The van der Waals surface area contributed by atoms with Crippen molar-refractivity contribution in [1.82, 2.24) is 9.88 Å². The molecule has 1 aliphatic rings. The fraction of sp³-hybridized carbons (Fsp3) is 0.571. The van der Waals surface area contributed by atoms with E-state index in [0.717, 1.165) is 43.3 Å². The molecule has 0 radical (unpaired) electrons. The van der Waals surface area contributed by atoms with Crippen molar-refractivity contribution in [2.45, 2.75) is 26.9 Å². The number of hydrogen-bond donors (Lipinski definition) is 1. The molecule has 19 heavy (non-hydrogen) atoms. The highest BCUT2D eigenvalue weighted by Gasteiger charge is 2.20. The minimum absolute atomic E-state index is 0.133. The van der Waals surface area contributed by atoms with E-state index in [1.165, 1.54) is 0 Å². The molecule has 1 aliphatic heterocycles. The molecule has 5 heteroatoms. The zero-order valence-corrected chi connectivity index (χ0v) is 11.8. The third-order valence-corrected chi connectivity index (χ3v) is 3.61. The molecule has 0 bridgehead atoms. The summed E-state index contributed by atoms with van der Waals surface area (Å²) in [5.41, 5.74) is 1.73. The molecule has 1 fully saturated rings. The van der Waals surface area contributed by atoms with Crippen molar-refractivity contribution >= 4 is 11.7 Å². The normalized spacial score (nSPS) is 17.5. The summed E-state index contributed by atoms with van der Waals surface area (Å²) < 4.78 is 0. The fourth-order valence-corrected chi connectivity index (χ4v) is 2.43. The van der Waals surface area contributed by atoms with Crippen LogP contribution in [0.3, 0.4) is 0 Å². The molecule has 1 N–H and O–H groups in total. The summed E-state index contributed by atoms with van der Waals surface area (Å²) in [5, 5.41) is 9.60. The molecular formula is C14H21N3O2. The minimum atomic E-state index is -0.490. The minimum Gasteiger partial charge on any atom is -0.389 e. The lowest BCUT2D eigenvalue weighted by atomic mass is 10.1. The number of pyridine rings is 1. The Hall–Kier alpha value is -1.62. The van der Waals surface area contributed by atoms with Crippen molar-refractivity contribution in [1.29, 1.82) is 0 Å². The Morgan fingerprint density at radius 2 is 1.95 bits per heavy atom. The van der Waals surface area contributed by atoms with Gasteiger partial charge in [0.15, 0.2) is 0 Å².